The van der Waals surface area contributed by atoms with Crippen LogP contribution in [0.2, 0.25) is 0 Å². The summed E-state index contributed by atoms with van der Waals surface area (Å²) in [4.78, 5) is 26.9. The fourth-order valence-corrected chi connectivity index (χ4v) is 4.37. The van der Waals surface area contributed by atoms with Crippen molar-refractivity contribution < 1.29 is 4.74 Å². The molecule has 1 aromatic carbocycles. The third-order valence-electron chi connectivity index (χ3n) is 5.97. The number of ether oxygens (including phenoxy) is 1. The molecule has 4 aromatic rings. The molecule has 5 rings (SSSR count). The molecule has 8 heteroatoms. The highest BCUT2D eigenvalue weighted by molar-refractivity contribution is 5.94. The van der Waals surface area contributed by atoms with Crippen molar-refractivity contribution in [2.24, 2.45) is 0 Å². The zero-order valence-corrected chi connectivity index (χ0v) is 19.6. The predicted molar refractivity (Wildman–Crippen MR) is 137 cm³/mol. The lowest BCUT2D eigenvalue weighted by atomic mass is 10.1. The Morgan fingerprint density at radius 2 is 1.97 bits per heavy atom. The van der Waals surface area contributed by atoms with E-state index in [0.717, 1.165) is 41.9 Å². The highest BCUT2D eigenvalue weighted by atomic mass is 16.5. The number of hydrogen-bond acceptors (Lipinski definition) is 7. The number of anilines is 5. The first-order chi connectivity index (χ1) is 16.5. The van der Waals surface area contributed by atoms with Gasteiger partial charge in [-0.1, -0.05) is 0 Å². The summed E-state index contributed by atoms with van der Waals surface area (Å²) in [7, 11) is 0. The number of nitrogens with one attached hydrogen (secondary N) is 3. The van der Waals surface area contributed by atoms with Crippen LogP contribution in [0.25, 0.3) is 10.8 Å². The van der Waals surface area contributed by atoms with Gasteiger partial charge in [0.2, 0.25) is 0 Å². The van der Waals surface area contributed by atoms with Crippen LogP contribution < -0.4 is 21.1 Å². The molecule has 3 N–H and O–H groups in total. The van der Waals surface area contributed by atoms with Gasteiger partial charge in [0.1, 0.15) is 17.5 Å². The molecule has 4 heterocycles. The Kier molecular flexibility index (Phi) is 5.90. The standard InChI is InChI=1S/C26H28N6O2/c1-16-6-8-27-22(12-16)30-23-14-19-7-9-28-26(33)24(19)25(31-23)29-20-4-5-21(17(2)13-20)32-10-11-34-18(3)15-32/h4-9,12-14,18H,10-11,15H2,1-3H3,(H,28,33)(H2,27,29,30,31)/t18-/m1/s1. The van der Waals surface area contributed by atoms with Crippen molar-refractivity contribution in [2.75, 3.05) is 35.2 Å². The van der Waals surface area contributed by atoms with Crippen molar-refractivity contribution in [1.82, 2.24) is 15.0 Å². The molecule has 3 aromatic heterocycles. The summed E-state index contributed by atoms with van der Waals surface area (Å²) in [5.74, 6) is 1.79. The highest BCUT2D eigenvalue weighted by Crippen LogP contribution is 2.30. The summed E-state index contributed by atoms with van der Waals surface area (Å²) in [6.45, 7) is 8.68. The number of morpholine rings is 1. The Labute approximate surface area is 198 Å². The summed E-state index contributed by atoms with van der Waals surface area (Å²) >= 11 is 0. The van der Waals surface area contributed by atoms with Gasteiger partial charge < -0.3 is 25.3 Å². The first-order valence-electron chi connectivity index (χ1n) is 11.4. The van der Waals surface area contributed by atoms with Crippen LogP contribution in [0.3, 0.4) is 0 Å². The van der Waals surface area contributed by atoms with Crippen LogP contribution in [0, 0.1) is 13.8 Å². The number of pyridine rings is 3. The molecule has 0 saturated carbocycles. The monoisotopic (exact) mass is 456 g/mol. The molecule has 0 unspecified atom stereocenters. The average molecular weight is 457 g/mol. The molecular weight excluding hydrogens is 428 g/mol. The maximum absolute atomic E-state index is 12.7. The van der Waals surface area contributed by atoms with Crippen molar-refractivity contribution in [3.8, 4) is 0 Å². The summed E-state index contributed by atoms with van der Waals surface area (Å²) in [5, 5.41) is 7.92. The first-order valence-corrected chi connectivity index (χ1v) is 11.4. The summed E-state index contributed by atoms with van der Waals surface area (Å²) < 4.78 is 5.68. The van der Waals surface area contributed by atoms with E-state index in [9.17, 15) is 4.79 Å². The van der Waals surface area contributed by atoms with Crippen molar-refractivity contribution in [2.45, 2.75) is 26.9 Å². The molecule has 1 aliphatic rings. The lowest BCUT2D eigenvalue weighted by molar-refractivity contribution is 0.0532. The molecule has 1 fully saturated rings. The Morgan fingerprint density at radius 1 is 1.09 bits per heavy atom. The molecule has 0 radical (unpaired) electrons. The van der Waals surface area contributed by atoms with E-state index in [4.69, 9.17) is 9.72 Å². The molecule has 34 heavy (non-hydrogen) atoms. The zero-order chi connectivity index (χ0) is 23.7. The maximum atomic E-state index is 12.7. The number of fused-ring (bicyclic) bond motifs is 1. The lowest BCUT2D eigenvalue weighted by Crippen LogP contribution is -2.41. The van der Waals surface area contributed by atoms with Gasteiger partial charge in [-0.3, -0.25) is 4.79 Å². The van der Waals surface area contributed by atoms with Gasteiger partial charge >= 0.3 is 0 Å². The van der Waals surface area contributed by atoms with Crippen LogP contribution in [0.5, 0.6) is 0 Å². The van der Waals surface area contributed by atoms with Crippen LogP contribution >= 0.6 is 0 Å². The number of benzene rings is 1. The van der Waals surface area contributed by atoms with E-state index in [2.05, 4.69) is 51.5 Å². The van der Waals surface area contributed by atoms with E-state index in [-0.39, 0.29) is 11.7 Å². The SMILES string of the molecule is Cc1ccnc(Nc2cc3cc[nH]c(=O)c3c(Nc3ccc(N4CCO[C@H](C)C4)c(C)c3)n2)c1. The number of H-pyrrole nitrogens is 1. The van der Waals surface area contributed by atoms with E-state index in [1.165, 1.54) is 5.69 Å². The minimum absolute atomic E-state index is 0.191. The number of nitrogens with zero attached hydrogens (tertiary/aromatic N) is 3. The van der Waals surface area contributed by atoms with Gasteiger partial charge in [-0.15, -0.1) is 0 Å². The van der Waals surface area contributed by atoms with Gasteiger partial charge in [-0.25, -0.2) is 9.97 Å². The van der Waals surface area contributed by atoms with Gasteiger partial charge in [0, 0.05) is 36.9 Å². The third-order valence-corrected chi connectivity index (χ3v) is 5.97. The van der Waals surface area contributed by atoms with Gasteiger partial charge in [0.05, 0.1) is 18.1 Å². The van der Waals surface area contributed by atoms with Gasteiger partial charge in [-0.2, -0.15) is 0 Å². The van der Waals surface area contributed by atoms with E-state index < -0.39 is 0 Å². The Morgan fingerprint density at radius 3 is 2.76 bits per heavy atom. The van der Waals surface area contributed by atoms with E-state index in [0.29, 0.717) is 22.8 Å². The minimum atomic E-state index is -0.191. The summed E-state index contributed by atoms with van der Waals surface area (Å²) in [5.41, 5.74) is 4.11. The van der Waals surface area contributed by atoms with Gasteiger partial charge in [0.25, 0.3) is 5.56 Å². The normalized spacial score (nSPS) is 16.0. The third kappa shape index (κ3) is 4.58. The second-order valence-electron chi connectivity index (χ2n) is 8.72. The summed E-state index contributed by atoms with van der Waals surface area (Å²) in [6.07, 6.45) is 3.61. The predicted octanol–water partition coefficient (Wildman–Crippen LogP) is 4.65. The quantitative estimate of drug-likeness (QED) is 0.402. The van der Waals surface area contributed by atoms with Crippen molar-refractivity contribution in [1.29, 1.82) is 0 Å². The first kappa shape index (κ1) is 21.9. The fourth-order valence-electron chi connectivity index (χ4n) is 4.37. The molecule has 0 spiro atoms. The van der Waals surface area contributed by atoms with Crippen molar-refractivity contribution in [3.05, 3.63) is 76.3 Å². The Hall–Kier alpha value is -3.91. The van der Waals surface area contributed by atoms with Crippen molar-refractivity contribution >= 4 is 39.6 Å². The number of aryl methyl sites for hydroxylation is 2. The molecule has 0 aliphatic carbocycles. The zero-order valence-electron chi connectivity index (χ0n) is 19.6. The number of hydrogen-bond donors (Lipinski definition) is 3. The molecule has 1 aliphatic heterocycles. The molecule has 1 atom stereocenters. The van der Waals surface area contributed by atoms with Crippen LogP contribution in [0.4, 0.5) is 28.8 Å². The van der Waals surface area contributed by atoms with Gasteiger partial charge in [0.15, 0.2) is 0 Å². The minimum Gasteiger partial charge on any atom is -0.375 e. The van der Waals surface area contributed by atoms with E-state index in [1.807, 2.05) is 37.3 Å². The van der Waals surface area contributed by atoms with Crippen LogP contribution in [-0.4, -0.2) is 40.8 Å². The number of rotatable bonds is 5. The Bertz CT molecular complexity index is 1400. The van der Waals surface area contributed by atoms with Crippen LogP contribution in [-0.2, 0) is 4.74 Å². The topological polar surface area (TPSA) is 95.2 Å². The molecule has 0 amide bonds. The number of aromatic amines is 1. The average Bonchev–Trinajstić information content (AvgIpc) is 2.79. The molecular formula is C26H28N6O2. The number of aromatic nitrogens is 3. The van der Waals surface area contributed by atoms with Crippen LogP contribution in [0.15, 0.2) is 59.7 Å². The molecule has 0 bridgehead atoms. The maximum Gasteiger partial charge on any atom is 0.259 e. The lowest BCUT2D eigenvalue weighted by Gasteiger charge is -2.34. The molecule has 174 valence electrons. The second kappa shape index (κ2) is 9.15. The molecule has 8 nitrogen and oxygen atoms in total. The Balaban J connectivity index is 1.49. The van der Waals surface area contributed by atoms with E-state index in [1.54, 1.807) is 12.4 Å². The van der Waals surface area contributed by atoms with Crippen LogP contribution in [0.1, 0.15) is 18.1 Å². The fraction of sp³-hybridized carbons (Fsp3) is 0.269. The van der Waals surface area contributed by atoms with E-state index >= 15 is 0 Å². The second-order valence-corrected chi connectivity index (χ2v) is 8.72. The highest BCUT2D eigenvalue weighted by Gasteiger charge is 2.19. The van der Waals surface area contributed by atoms with Gasteiger partial charge in [-0.05, 0) is 79.7 Å². The van der Waals surface area contributed by atoms with Crippen molar-refractivity contribution in [3.63, 3.8) is 0 Å². The molecule has 1 saturated heterocycles. The largest absolute Gasteiger partial charge is 0.375 e. The summed E-state index contributed by atoms with van der Waals surface area (Å²) in [6, 6.07) is 13.8. The smallest absolute Gasteiger partial charge is 0.259 e.